The summed E-state index contributed by atoms with van der Waals surface area (Å²) >= 11 is 0. The third-order valence-electron chi connectivity index (χ3n) is 5.68. The molecule has 136 valence electrons. The molecule has 1 fully saturated rings. The monoisotopic (exact) mass is 349 g/mol. The van der Waals surface area contributed by atoms with E-state index in [0.29, 0.717) is 12.5 Å². The molecular weight excluding hydrogens is 322 g/mol. The minimum absolute atomic E-state index is 0.240. The number of rotatable bonds is 4. The second kappa shape index (κ2) is 7.50. The Bertz CT molecular complexity index is 761. The van der Waals surface area contributed by atoms with Crippen LogP contribution >= 0.6 is 0 Å². The quantitative estimate of drug-likeness (QED) is 0.833. The molecule has 2 aromatic carbocycles. The van der Waals surface area contributed by atoms with Gasteiger partial charge in [0.25, 0.3) is 0 Å². The summed E-state index contributed by atoms with van der Waals surface area (Å²) in [7, 11) is 0. The number of amides is 1. The minimum atomic E-state index is 0.240. The fourth-order valence-electron chi connectivity index (χ4n) is 4.20. The van der Waals surface area contributed by atoms with Gasteiger partial charge in [-0.3, -0.25) is 4.79 Å². The Kier molecular flexibility index (Phi) is 4.93. The van der Waals surface area contributed by atoms with Gasteiger partial charge in [0, 0.05) is 37.8 Å². The van der Waals surface area contributed by atoms with E-state index in [9.17, 15) is 4.79 Å². The van der Waals surface area contributed by atoms with Crippen molar-refractivity contribution in [3.63, 3.8) is 0 Å². The lowest BCUT2D eigenvalue weighted by molar-refractivity contribution is -0.119. The van der Waals surface area contributed by atoms with Gasteiger partial charge in [-0.05, 0) is 50.6 Å². The zero-order valence-electron chi connectivity index (χ0n) is 15.5. The molecule has 2 aliphatic heterocycles. The van der Waals surface area contributed by atoms with Crippen LogP contribution in [0.25, 0.3) is 0 Å². The molecule has 0 radical (unpaired) electrons. The molecule has 0 spiro atoms. The molecule has 0 aliphatic carbocycles. The van der Waals surface area contributed by atoms with Crippen LogP contribution in [0.3, 0.4) is 0 Å². The maximum absolute atomic E-state index is 12.9. The van der Waals surface area contributed by atoms with Gasteiger partial charge in [0.2, 0.25) is 5.91 Å². The van der Waals surface area contributed by atoms with Crippen LogP contribution in [0.2, 0.25) is 0 Å². The first-order valence-corrected chi connectivity index (χ1v) is 9.70. The Morgan fingerprint density at radius 1 is 0.962 bits per heavy atom. The van der Waals surface area contributed by atoms with E-state index < -0.39 is 0 Å². The molecular formula is C22H27N3O. The summed E-state index contributed by atoms with van der Waals surface area (Å²) in [6.45, 7) is 5.84. The average Bonchev–Trinajstić information content (AvgIpc) is 3.11. The lowest BCUT2D eigenvalue weighted by atomic mass is 10.1. The van der Waals surface area contributed by atoms with Crippen molar-refractivity contribution < 1.29 is 4.79 Å². The standard InChI is InChI=1S/C22H27N3O/c1-18-8-7-14-23(18)15-13-22(26)25-17-16-24(19-9-3-2-4-10-19)20-11-5-6-12-21(20)25/h2-6,9-12,18H,7-8,13-17H2,1H3. The van der Waals surface area contributed by atoms with E-state index in [-0.39, 0.29) is 5.91 Å². The molecule has 2 heterocycles. The van der Waals surface area contributed by atoms with Crippen molar-refractivity contribution in [1.29, 1.82) is 0 Å². The third kappa shape index (κ3) is 3.34. The minimum Gasteiger partial charge on any atom is -0.338 e. The Hall–Kier alpha value is -2.33. The molecule has 2 aromatic rings. The number of carbonyl (C=O) groups excluding carboxylic acids is 1. The Morgan fingerprint density at radius 2 is 1.69 bits per heavy atom. The second-order valence-electron chi connectivity index (χ2n) is 7.30. The number of carbonyl (C=O) groups is 1. The Balaban J connectivity index is 1.51. The molecule has 0 aromatic heterocycles. The van der Waals surface area contributed by atoms with Crippen LogP contribution in [0.4, 0.5) is 17.1 Å². The lowest BCUT2D eigenvalue weighted by Gasteiger charge is -2.38. The van der Waals surface area contributed by atoms with Crippen molar-refractivity contribution >= 4 is 23.0 Å². The van der Waals surface area contributed by atoms with E-state index in [1.54, 1.807) is 0 Å². The van der Waals surface area contributed by atoms with Crippen molar-refractivity contribution in [2.24, 2.45) is 0 Å². The lowest BCUT2D eigenvalue weighted by Crippen LogP contribution is -2.43. The summed E-state index contributed by atoms with van der Waals surface area (Å²) in [6, 6.07) is 19.3. The van der Waals surface area contributed by atoms with E-state index in [4.69, 9.17) is 0 Å². The summed E-state index contributed by atoms with van der Waals surface area (Å²) in [6.07, 6.45) is 3.12. The van der Waals surface area contributed by atoms with Gasteiger partial charge in [-0.1, -0.05) is 30.3 Å². The number of anilines is 3. The second-order valence-corrected chi connectivity index (χ2v) is 7.30. The molecule has 0 bridgehead atoms. The molecule has 2 aliphatic rings. The van der Waals surface area contributed by atoms with E-state index in [1.807, 2.05) is 17.0 Å². The predicted molar refractivity (Wildman–Crippen MR) is 107 cm³/mol. The first-order chi connectivity index (χ1) is 12.7. The number of fused-ring (bicyclic) bond motifs is 1. The van der Waals surface area contributed by atoms with Crippen molar-refractivity contribution in [1.82, 2.24) is 4.90 Å². The third-order valence-corrected chi connectivity index (χ3v) is 5.68. The molecule has 4 nitrogen and oxygen atoms in total. The van der Waals surface area contributed by atoms with Crippen LogP contribution in [0.5, 0.6) is 0 Å². The van der Waals surface area contributed by atoms with Crippen LogP contribution in [0, 0.1) is 0 Å². The first kappa shape index (κ1) is 17.1. The summed E-state index contributed by atoms with van der Waals surface area (Å²) in [5.74, 6) is 0.240. The van der Waals surface area contributed by atoms with Gasteiger partial charge < -0.3 is 14.7 Å². The molecule has 1 unspecified atom stereocenters. The number of hydrogen-bond donors (Lipinski definition) is 0. The van der Waals surface area contributed by atoms with Crippen molar-refractivity contribution in [3.05, 3.63) is 54.6 Å². The van der Waals surface area contributed by atoms with Gasteiger partial charge in [0.1, 0.15) is 0 Å². The number of para-hydroxylation sites is 3. The number of nitrogens with zero attached hydrogens (tertiary/aromatic N) is 3. The maximum Gasteiger partial charge on any atom is 0.228 e. The van der Waals surface area contributed by atoms with Gasteiger partial charge in [-0.25, -0.2) is 0 Å². The predicted octanol–water partition coefficient (Wildman–Crippen LogP) is 4.05. The zero-order chi connectivity index (χ0) is 17.9. The average molecular weight is 349 g/mol. The normalized spacial score (nSPS) is 20.3. The maximum atomic E-state index is 12.9. The highest BCUT2D eigenvalue weighted by Gasteiger charge is 2.28. The summed E-state index contributed by atoms with van der Waals surface area (Å²) in [4.78, 5) is 19.7. The van der Waals surface area contributed by atoms with Crippen molar-refractivity contribution in [2.45, 2.75) is 32.2 Å². The van der Waals surface area contributed by atoms with Crippen LogP contribution in [-0.4, -0.2) is 43.0 Å². The van der Waals surface area contributed by atoms with Crippen LogP contribution < -0.4 is 9.80 Å². The van der Waals surface area contributed by atoms with Crippen LogP contribution in [0.1, 0.15) is 26.2 Å². The van der Waals surface area contributed by atoms with Gasteiger partial charge in [-0.2, -0.15) is 0 Å². The number of likely N-dealkylation sites (tertiary alicyclic amines) is 1. The van der Waals surface area contributed by atoms with Gasteiger partial charge in [-0.15, -0.1) is 0 Å². The SMILES string of the molecule is CC1CCCN1CCC(=O)N1CCN(c2ccccc2)c2ccccc21. The van der Waals surface area contributed by atoms with E-state index in [2.05, 4.69) is 59.2 Å². The summed E-state index contributed by atoms with van der Waals surface area (Å²) < 4.78 is 0. The molecule has 1 saturated heterocycles. The summed E-state index contributed by atoms with van der Waals surface area (Å²) in [5, 5.41) is 0. The molecule has 4 rings (SSSR count). The van der Waals surface area contributed by atoms with Gasteiger partial charge in [0.05, 0.1) is 11.4 Å². The Morgan fingerprint density at radius 3 is 2.42 bits per heavy atom. The van der Waals surface area contributed by atoms with E-state index >= 15 is 0 Å². The fourth-order valence-corrected chi connectivity index (χ4v) is 4.20. The molecule has 0 saturated carbocycles. The fraction of sp³-hybridized carbons (Fsp3) is 0.409. The molecule has 1 atom stereocenters. The topological polar surface area (TPSA) is 26.8 Å². The van der Waals surface area contributed by atoms with E-state index in [0.717, 1.165) is 37.6 Å². The smallest absolute Gasteiger partial charge is 0.228 e. The summed E-state index contributed by atoms with van der Waals surface area (Å²) in [5.41, 5.74) is 3.33. The number of benzene rings is 2. The first-order valence-electron chi connectivity index (χ1n) is 9.70. The van der Waals surface area contributed by atoms with Crippen molar-refractivity contribution in [3.8, 4) is 0 Å². The molecule has 0 N–H and O–H groups in total. The highest BCUT2D eigenvalue weighted by Crippen LogP contribution is 2.37. The molecule has 4 heteroatoms. The van der Waals surface area contributed by atoms with Gasteiger partial charge >= 0.3 is 0 Å². The highest BCUT2D eigenvalue weighted by molar-refractivity contribution is 5.98. The van der Waals surface area contributed by atoms with Crippen LogP contribution in [-0.2, 0) is 4.79 Å². The molecule has 1 amide bonds. The zero-order valence-corrected chi connectivity index (χ0v) is 15.5. The van der Waals surface area contributed by atoms with Gasteiger partial charge in [0.15, 0.2) is 0 Å². The largest absolute Gasteiger partial charge is 0.338 e. The Labute approximate surface area is 156 Å². The number of hydrogen-bond acceptors (Lipinski definition) is 3. The highest BCUT2D eigenvalue weighted by atomic mass is 16.2. The van der Waals surface area contributed by atoms with Crippen LogP contribution in [0.15, 0.2) is 54.6 Å². The van der Waals surface area contributed by atoms with E-state index in [1.165, 1.54) is 18.5 Å². The molecule has 26 heavy (non-hydrogen) atoms. The van der Waals surface area contributed by atoms with Crippen molar-refractivity contribution in [2.75, 3.05) is 36.0 Å².